The van der Waals surface area contributed by atoms with E-state index in [0.29, 0.717) is 42.9 Å². The Balaban J connectivity index is 1.27. The molecular formula is C23H26N4O6. The number of piperidine rings is 1. The number of aromatic amines is 1. The number of nitro benzene ring substituents is 1. The summed E-state index contributed by atoms with van der Waals surface area (Å²) in [5.41, 5.74) is 1.24. The van der Waals surface area contributed by atoms with Gasteiger partial charge in [-0.05, 0) is 37.8 Å². The van der Waals surface area contributed by atoms with Crippen LogP contribution in [-0.2, 0) is 9.53 Å². The molecule has 4 rings (SSSR count). The Kier molecular flexibility index (Phi) is 6.71. The smallest absolute Gasteiger partial charge is 0.309 e. The molecule has 2 aliphatic rings. The van der Waals surface area contributed by atoms with Gasteiger partial charge in [-0.25, -0.2) is 0 Å². The Morgan fingerprint density at radius 2 is 1.79 bits per heavy atom. The Labute approximate surface area is 190 Å². The van der Waals surface area contributed by atoms with Gasteiger partial charge < -0.3 is 19.5 Å². The number of nitrogens with one attached hydrogen (secondary N) is 1. The second kappa shape index (κ2) is 9.85. The van der Waals surface area contributed by atoms with Gasteiger partial charge in [-0.2, -0.15) is 0 Å². The van der Waals surface area contributed by atoms with Gasteiger partial charge in [0.25, 0.3) is 11.6 Å². The number of benzene rings is 1. The molecule has 1 N–H and O–H groups in total. The van der Waals surface area contributed by atoms with Gasteiger partial charge >= 0.3 is 5.97 Å². The highest BCUT2D eigenvalue weighted by Crippen LogP contribution is 2.31. The maximum absolute atomic E-state index is 12.5. The highest BCUT2D eigenvalue weighted by atomic mass is 16.6. The number of para-hydroxylation sites is 2. The van der Waals surface area contributed by atoms with Gasteiger partial charge in [0.15, 0.2) is 6.61 Å². The third kappa shape index (κ3) is 5.05. The number of amides is 1. The number of nitro groups is 1. The summed E-state index contributed by atoms with van der Waals surface area (Å²) in [7, 11) is 0. The second-order valence-electron chi connectivity index (χ2n) is 8.34. The van der Waals surface area contributed by atoms with Crippen molar-refractivity contribution >= 4 is 29.0 Å². The van der Waals surface area contributed by atoms with Gasteiger partial charge in [-0.3, -0.25) is 24.5 Å². The van der Waals surface area contributed by atoms with Crippen molar-refractivity contribution in [1.29, 1.82) is 0 Å². The van der Waals surface area contributed by atoms with Gasteiger partial charge in [0, 0.05) is 44.0 Å². The molecule has 0 radical (unpaired) electrons. The minimum atomic E-state index is -0.450. The normalized spacial score (nSPS) is 16.6. The van der Waals surface area contributed by atoms with Gasteiger partial charge in [0.05, 0.1) is 10.8 Å². The van der Waals surface area contributed by atoms with E-state index >= 15 is 0 Å². The lowest BCUT2D eigenvalue weighted by atomic mass is 9.96. The highest BCUT2D eigenvalue weighted by Gasteiger charge is 2.29. The number of anilines is 1. The van der Waals surface area contributed by atoms with E-state index in [0.717, 1.165) is 25.9 Å². The number of hydrogen-bond acceptors (Lipinski definition) is 7. The van der Waals surface area contributed by atoms with Crippen LogP contribution in [0.25, 0.3) is 0 Å². The first kappa shape index (κ1) is 22.5. The molecule has 0 saturated carbocycles. The average molecular weight is 454 g/mol. The van der Waals surface area contributed by atoms with Crippen LogP contribution in [0.2, 0.25) is 0 Å². The topological polar surface area (TPSA) is 126 Å². The van der Waals surface area contributed by atoms with E-state index in [1.54, 1.807) is 23.1 Å². The van der Waals surface area contributed by atoms with Crippen LogP contribution in [0.3, 0.4) is 0 Å². The SMILES string of the molecule is O=C(COC(=O)C1CCN(c2ccccc2[N+](=O)[O-])CC1)c1c[nH]c(C(=O)N2CCCC2)c1. The van der Waals surface area contributed by atoms with Crippen molar-refractivity contribution < 1.29 is 24.0 Å². The molecule has 0 bridgehead atoms. The lowest BCUT2D eigenvalue weighted by Gasteiger charge is -2.32. The van der Waals surface area contributed by atoms with Crippen molar-refractivity contribution in [3.05, 3.63) is 57.9 Å². The number of aromatic nitrogens is 1. The summed E-state index contributed by atoms with van der Waals surface area (Å²) in [6.07, 6.45) is 4.39. The standard InChI is InChI=1S/C23H26N4O6/c28-21(17-13-18(24-14-17)22(29)26-9-3-4-10-26)15-33-23(30)16-7-11-25(12-8-16)19-5-1-2-6-20(19)27(31)32/h1-2,5-6,13-14,16,24H,3-4,7-12,15H2. The van der Waals surface area contributed by atoms with Crippen LogP contribution in [-0.4, -0.2) is 65.3 Å². The molecular weight excluding hydrogens is 428 g/mol. The number of carbonyl (C=O) groups is 3. The van der Waals surface area contributed by atoms with Crippen LogP contribution in [0.4, 0.5) is 11.4 Å². The first-order chi connectivity index (χ1) is 15.9. The first-order valence-electron chi connectivity index (χ1n) is 11.1. The number of nitrogens with zero attached hydrogens (tertiary/aromatic N) is 3. The molecule has 174 valence electrons. The van der Waals surface area contributed by atoms with Gasteiger partial charge in [0.1, 0.15) is 11.4 Å². The number of Topliss-reactive ketones (excluding diaryl/α,β-unsaturated/α-hetero) is 1. The van der Waals surface area contributed by atoms with Crippen molar-refractivity contribution in [2.45, 2.75) is 25.7 Å². The zero-order valence-corrected chi connectivity index (χ0v) is 18.2. The molecule has 1 aromatic heterocycles. The Hall–Kier alpha value is -3.69. The third-order valence-electron chi connectivity index (χ3n) is 6.22. The molecule has 33 heavy (non-hydrogen) atoms. The van der Waals surface area contributed by atoms with Crippen LogP contribution in [0.5, 0.6) is 0 Å². The summed E-state index contributed by atoms with van der Waals surface area (Å²) < 4.78 is 5.25. The molecule has 0 atom stereocenters. The van der Waals surface area contributed by atoms with Crippen LogP contribution in [0, 0.1) is 16.0 Å². The number of carbonyl (C=O) groups excluding carboxylic acids is 3. The number of esters is 1. The van der Waals surface area contributed by atoms with E-state index in [-0.39, 0.29) is 23.3 Å². The molecule has 0 aliphatic carbocycles. The maximum Gasteiger partial charge on any atom is 0.309 e. The summed E-state index contributed by atoms with van der Waals surface area (Å²) in [5.74, 6) is -1.32. The maximum atomic E-state index is 12.5. The number of ketones is 1. The molecule has 0 spiro atoms. The highest BCUT2D eigenvalue weighted by molar-refractivity contribution is 6.01. The quantitative estimate of drug-likeness (QED) is 0.295. The van der Waals surface area contributed by atoms with Gasteiger partial charge in [0.2, 0.25) is 5.78 Å². The summed E-state index contributed by atoms with van der Waals surface area (Å²) in [5, 5.41) is 11.3. The average Bonchev–Trinajstić information content (AvgIpc) is 3.55. The number of H-pyrrole nitrogens is 1. The molecule has 2 fully saturated rings. The summed E-state index contributed by atoms with van der Waals surface area (Å²) in [6.45, 7) is 2.01. The zero-order chi connectivity index (χ0) is 23.4. The van der Waals surface area contributed by atoms with Crippen LogP contribution >= 0.6 is 0 Å². The van der Waals surface area contributed by atoms with Gasteiger partial charge in [-0.15, -0.1) is 0 Å². The Morgan fingerprint density at radius 1 is 1.09 bits per heavy atom. The number of rotatable bonds is 7. The molecule has 0 unspecified atom stereocenters. The minimum absolute atomic E-state index is 0.0400. The minimum Gasteiger partial charge on any atom is -0.457 e. The predicted octanol–water partition coefficient (Wildman–Crippen LogP) is 2.80. The molecule has 10 heteroatoms. The fourth-order valence-electron chi connectivity index (χ4n) is 4.35. The van der Waals surface area contributed by atoms with Crippen molar-refractivity contribution in [3.63, 3.8) is 0 Å². The second-order valence-corrected chi connectivity index (χ2v) is 8.34. The monoisotopic (exact) mass is 454 g/mol. The van der Waals surface area contributed by atoms with Crippen LogP contribution in [0.1, 0.15) is 46.5 Å². The molecule has 10 nitrogen and oxygen atoms in total. The molecule has 2 aliphatic heterocycles. The van der Waals surface area contributed by atoms with E-state index in [9.17, 15) is 24.5 Å². The van der Waals surface area contributed by atoms with Crippen molar-refractivity contribution in [2.24, 2.45) is 5.92 Å². The Morgan fingerprint density at radius 3 is 2.48 bits per heavy atom. The summed E-state index contributed by atoms with van der Waals surface area (Å²) in [6, 6.07) is 8.04. The molecule has 3 heterocycles. The van der Waals surface area contributed by atoms with Crippen molar-refractivity contribution in [1.82, 2.24) is 9.88 Å². The zero-order valence-electron chi connectivity index (χ0n) is 18.2. The van der Waals surface area contributed by atoms with E-state index in [1.165, 1.54) is 18.3 Å². The lowest BCUT2D eigenvalue weighted by molar-refractivity contribution is -0.384. The lowest BCUT2D eigenvalue weighted by Crippen LogP contribution is -2.37. The summed E-state index contributed by atoms with van der Waals surface area (Å²) in [4.78, 5) is 54.6. The van der Waals surface area contributed by atoms with E-state index in [1.807, 2.05) is 4.90 Å². The third-order valence-corrected chi connectivity index (χ3v) is 6.22. The van der Waals surface area contributed by atoms with Crippen LogP contribution < -0.4 is 4.90 Å². The van der Waals surface area contributed by atoms with Crippen molar-refractivity contribution in [2.75, 3.05) is 37.7 Å². The van der Waals surface area contributed by atoms with E-state index in [2.05, 4.69) is 4.98 Å². The number of likely N-dealkylation sites (tertiary alicyclic amines) is 1. The van der Waals surface area contributed by atoms with E-state index in [4.69, 9.17) is 4.74 Å². The number of ether oxygens (including phenoxy) is 1. The molecule has 1 aromatic carbocycles. The number of hydrogen-bond donors (Lipinski definition) is 1. The van der Waals surface area contributed by atoms with E-state index < -0.39 is 17.5 Å². The summed E-state index contributed by atoms with van der Waals surface area (Å²) >= 11 is 0. The molecule has 2 saturated heterocycles. The fourth-order valence-corrected chi connectivity index (χ4v) is 4.35. The van der Waals surface area contributed by atoms with Crippen molar-refractivity contribution in [3.8, 4) is 0 Å². The fraction of sp³-hybridized carbons (Fsp3) is 0.435. The first-order valence-corrected chi connectivity index (χ1v) is 11.1. The largest absolute Gasteiger partial charge is 0.457 e. The van der Waals surface area contributed by atoms with Gasteiger partial charge in [-0.1, -0.05) is 12.1 Å². The molecule has 2 aromatic rings. The Bertz CT molecular complexity index is 1050. The van der Waals surface area contributed by atoms with Crippen LogP contribution in [0.15, 0.2) is 36.5 Å². The molecule has 1 amide bonds. The predicted molar refractivity (Wildman–Crippen MR) is 119 cm³/mol.